The smallest absolute Gasteiger partial charge is 0.0322 e. The molecule has 0 aliphatic rings. The Hall–Kier alpha value is -0.820. The van der Waals surface area contributed by atoms with Crippen LogP contribution in [0.15, 0.2) is 24.3 Å². The molecule has 0 saturated carbocycles. The molecule has 0 saturated heterocycles. The van der Waals surface area contributed by atoms with Crippen molar-refractivity contribution in [3.63, 3.8) is 0 Å². The van der Waals surface area contributed by atoms with Gasteiger partial charge in [-0.15, -0.1) is 0 Å². The molecule has 1 atom stereocenters. The van der Waals surface area contributed by atoms with Crippen LogP contribution in [0.4, 0.5) is 0 Å². The summed E-state index contributed by atoms with van der Waals surface area (Å²) in [5.74, 6) is 0. The number of hydrogen-bond donors (Lipinski definition) is 1. The molecule has 1 rings (SSSR count). The van der Waals surface area contributed by atoms with Crippen LogP contribution in [0.2, 0.25) is 0 Å². The van der Waals surface area contributed by atoms with Crippen LogP contribution in [0.1, 0.15) is 70.5 Å². The molecule has 1 aromatic rings. The summed E-state index contributed by atoms with van der Waals surface area (Å²) in [6.07, 6.45) is 6.22. The first-order chi connectivity index (χ1) is 8.67. The fourth-order valence-corrected chi connectivity index (χ4v) is 2.36. The van der Waals surface area contributed by atoms with Crippen molar-refractivity contribution in [1.29, 1.82) is 0 Å². The van der Waals surface area contributed by atoms with Crippen LogP contribution in [-0.4, -0.2) is 6.04 Å². The first-order valence-electron chi connectivity index (χ1n) is 7.52. The molecule has 1 heteroatoms. The zero-order valence-electron chi connectivity index (χ0n) is 12.5. The minimum Gasteiger partial charge on any atom is -0.308 e. The van der Waals surface area contributed by atoms with E-state index in [9.17, 15) is 0 Å². The lowest BCUT2D eigenvalue weighted by atomic mass is 9.98. The Balaban J connectivity index is 2.70. The van der Waals surface area contributed by atoms with Crippen LogP contribution in [0.3, 0.4) is 0 Å². The summed E-state index contributed by atoms with van der Waals surface area (Å²) in [5.41, 5.74) is 2.90. The molecule has 0 amide bonds. The van der Waals surface area contributed by atoms with Crippen molar-refractivity contribution in [2.45, 2.75) is 71.9 Å². The van der Waals surface area contributed by atoms with Crippen molar-refractivity contribution < 1.29 is 0 Å². The molecule has 0 radical (unpaired) electrons. The van der Waals surface area contributed by atoms with Gasteiger partial charge >= 0.3 is 0 Å². The molecule has 1 aromatic carbocycles. The lowest BCUT2D eigenvalue weighted by Crippen LogP contribution is -2.28. The Morgan fingerprint density at radius 2 is 1.67 bits per heavy atom. The number of aryl methyl sites for hydroxylation is 1. The molecule has 102 valence electrons. The summed E-state index contributed by atoms with van der Waals surface area (Å²) in [4.78, 5) is 0. The summed E-state index contributed by atoms with van der Waals surface area (Å²) in [6.45, 7) is 8.95. The SMILES string of the molecule is CCCCC(NC(C)C)c1ccc(CCC)cc1. The van der Waals surface area contributed by atoms with Crippen molar-refractivity contribution in [2.75, 3.05) is 0 Å². The van der Waals surface area contributed by atoms with Crippen molar-refractivity contribution in [3.8, 4) is 0 Å². The van der Waals surface area contributed by atoms with Crippen molar-refractivity contribution >= 4 is 0 Å². The van der Waals surface area contributed by atoms with Crippen molar-refractivity contribution in [2.24, 2.45) is 0 Å². The monoisotopic (exact) mass is 247 g/mol. The number of hydrogen-bond acceptors (Lipinski definition) is 1. The summed E-state index contributed by atoms with van der Waals surface area (Å²) in [5, 5.41) is 3.68. The Morgan fingerprint density at radius 1 is 1.00 bits per heavy atom. The van der Waals surface area contributed by atoms with E-state index in [0.717, 1.165) is 0 Å². The van der Waals surface area contributed by atoms with E-state index in [0.29, 0.717) is 12.1 Å². The molecule has 0 bridgehead atoms. The Bertz CT molecular complexity index is 313. The zero-order valence-corrected chi connectivity index (χ0v) is 12.5. The van der Waals surface area contributed by atoms with E-state index in [2.05, 4.69) is 57.3 Å². The van der Waals surface area contributed by atoms with Gasteiger partial charge in [0.2, 0.25) is 0 Å². The van der Waals surface area contributed by atoms with Gasteiger partial charge in [-0.2, -0.15) is 0 Å². The highest BCUT2D eigenvalue weighted by atomic mass is 14.9. The van der Waals surface area contributed by atoms with Crippen LogP contribution < -0.4 is 5.32 Å². The highest BCUT2D eigenvalue weighted by molar-refractivity contribution is 5.25. The molecule has 0 aromatic heterocycles. The van der Waals surface area contributed by atoms with E-state index < -0.39 is 0 Å². The van der Waals surface area contributed by atoms with Gasteiger partial charge in [0, 0.05) is 12.1 Å². The quantitative estimate of drug-likeness (QED) is 0.691. The summed E-state index contributed by atoms with van der Waals surface area (Å²) in [7, 11) is 0. The highest BCUT2D eigenvalue weighted by Gasteiger charge is 2.11. The van der Waals surface area contributed by atoms with Crippen molar-refractivity contribution in [3.05, 3.63) is 35.4 Å². The van der Waals surface area contributed by atoms with Gasteiger partial charge in [-0.25, -0.2) is 0 Å². The van der Waals surface area contributed by atoms with Gasteiger partial charge in [0.05, 0.1) is 0 Å². The van der Waals surface area contributed by atoms with Crippen molar-refractivity contribution in [1.82, 2.24) is 5.32 Å². The maximum atomic E-state index is 3.68. The van der Waals surface area contributed by atoms with Crippen LogP contribution in [0.5, 0.6) is 0 Å². The largest absolute Gasteiger partial charge is 0.308 e. The van der Waals surface area contributed by atoms with E-state index in [1.807, 2.05) is 0 Å². The third kappa shape index (κ3) is 5.22. The Labute approximate surface area is 113 Å². The fraction of sp³-hybridized carbons (Fsp3) is 0.647. The number of rotatable bonds is 8. The number of benzene rings is 1. The minimum absolute atomic E-state index is 0.514. The predicted molar refractivity (Wildman–Crippen MR) is 81.0 cm³/mol. The second-order valence-electron chi connectivity index (χ2n) is 5.51. The zero-order chi connectivity index (χ0) is 13.4. The molecule has 18 heavy (non-hydrogen) atoms. The third-order valence-corrected chi connectivity index (χ3v) is 3.30. The normalized spacial score (nSPS) is 12.9. The highest BCUT2D eigenvalue weighted by Crippen LogP contribution is 2.21. The summed E-state index contributed by atoms with van der Waals surface area (Å²) >= 11 is 0. The van der Waals surface area contributed by atoms with Crippen LogP contribution in [-0.2, 0) is 6.42 Å². The Morgan fingerprint density at radius 3 is 2.17 bits per heavy atom. The van der Waals surface area contributed by atoms with Gasteiger partial charge in [-0.05, 0) is 24.0 Å². The lowest BCUT2D eigenvalue weighted by molar-refractivity contribution is 0.440. The molecule has 1 unspecified atom stereocenters. The minimum atomic E-state index is 0.514. The maximum absolute atomic E-state index is 3.68. The molecule has 0 spiro atoms. The third-order valence-electron chi connectivity index (χ3n) is 3.30. The molecule has 0 heterocycles. The van der Waals surface area contributed by atoms with Crippen LogP contribution in [0, 0.1) is 0 Å². The molecule has 1 N–H and O–H groups in total. The van der Waals surface area contributed by atoms with Gasteiger partial charge in [0.25, 0.3) is 0 Å². The first-order valence-corrected chi connectivity index (χ1v) is 7.52. The average molecular weight is 247 g/mol. The second-order valence-corrected chi connectivity index (χ2v) is 5.51. The molecule has 0 fully saturated rings. The van der Waals surface area contributed by atoms with Crippen LogP contribution in [0.25, 0.3) is 0 Å². The van der Waals surface area contributed by atoms with E-state index in [1.165, 1.54) is 43.2 Å². The van der Waals surface area contributed by atoms with Gasteiger partial charge in [-0.1, -0.05) is 71.2 Å². The predicted octanol–water partition coefficient (Wildman–Crippen LogP) is 4.87. The van der Waals surface area contributed by atoms with E-state index in [1.54, 1.807) is 0 Å². The number of nitrogens with one attached hydrogen (secondary N) is 1. The topological polar surface area (TPSA) is 12.0 Å². The number of unbranched alkanes of at least 4 members (excludes halogenated alkanes) is 1. The van der Waals surface area contributed by atoms with Gasteiger partial charge in [0.15, 0.2) is 0 Å². The van der Waals surface area contributed by atoms with Gasteiger partial charge in [-0.3, -0.25) is 0 Å². The summed E-state index contributed by atoms with van der Waals surface area (Å²) in [6, 6.07) is 10.3. The second kappa shape index (κ2) is 8.31. The van der Waals surface area contributed by atoms with Gasteiger partial charge < -0.3 is 5.32 Å². The molecule has 1 nitrogen and oxygen atoms in total. The van der Waals surface area contributed by atoms with E-state index in [-0.39, 0.29) is 0 Å². The van der Waals surface area contributed by atoms with Crippen LogP contribution >= 0.6 is 0 Å². The molecular formula is C17H29N. The van der Waals surface area contributed by atoms with E-state index in [4.69, 9.17) is 0 Å². The molecule has 0 aliphatic carbocycles. The standard InChI is InChI=1S/C17H29N/c1-5-7-9-17(18-14(3)4)16-12-10-15(8-6-2)11-13-16/h10-14,17-18H,5-9H2,1-4H3. The Kier molecular flexibility index (Phi) is 7.04. The molecule has 0 aliphatic heterocycles. The van der Waals surface area contributed by atoms with E-state index >= 15 is 0 Å². The fourth-order valence-electron chi connectivity index (χ4n) is 2.36. The maximum Gasteiger partial charge on any atom is 0.0322 e. The first kappa shape index (κ1) is 15.2. The molecular weight excluding hydrogens is 218 g/mol. The summed E-state index contributed by atoms with van der Waals surface area (Å²) < 4.78 is 0. The van der Waals surface area contributed by atoms with Gasteiger partial charge in [0.1, 0.15) is 0 Å². The average Bonchev–Trinajstić information content (AvgIpc) is 2.35. The lowest BCUT2D eigenvalue weighted by Gasteiger charge is -2.22.